The summed E-state index contributed by atoms with van der Waals surface area (Å²) in [6, 6.07) is 16.7. The van der Waals surface area contributed by atoms with Crippen molar-refractivity contribution in [3.05, 3.63) is 69.5 Å². The van der Waals surface area contributed by atoms with Gasteiger partial charge in [0.15, 0.2) is 0 Å². The third-order valence-electron chi connectivity index (χ3n) is 3.30. The number of benzene rings is 2. The topological polar surface area (TPSA) is 63.0 Å². The van der Waals surface area contributed by atoms with E-state index in [2.05, 4.69) is 11.1 Å². The number of methoxy groups -OCH3 is 1. The molecule has 0 saturated heterocycles. The minimum Gasteiger partial charge on any atom is -0.497 e. The molecule has 112 valence electrons. The number of hydrogen-bond acceptors (Lipinski definition) is 5. The van der Waals surface area contributed by atoms with E-state index in [0.717, 1.165) is 16.0 Å². The molecule has 0 radical (unpaired) electrons. The van der Waals surface area contributed by atoms with Gasteiger partial charge in [0.05, 0.1) is 18.1 Å². The molecular formula is C18H12N2O2S. The quantitative estimate of drug-likeness (QED) is 0.690. The SMILES string of the molecule is COc1ccc(/C=C(\C#N)c2nc(=O)c3ccccc3s2)cc1. The maximum Gasteiger partial charge on any atom is 0.279 e. The molecule has 0 aliphatic rings. The van der Waals surface area contributed by atoms with E-state index in [1.54, 1.807) is 25.3 Å². The van der Waals surface area contributed by atoms with E-state index in [4.69, 9.17) is 4.74 Å². The van der Waals surface area contributed by atoms with Crippen molar-refractivity contribution in [2.75, 3.05) is 7.11 Å². The van der Waals surface area contributed by atoms with Crippen LogP contribution in [0.4, 0.5) is 0 Å². The number of allylic oxidation sites excluding steroid dienone is 1. The monoisotopic (exact) mass is 320 g/mol. The fraction of sp³-hybridized carbons (Fsp3) is 0.0556. The van der Waals surface area contributed by atoms with Crippen LogP contribution in [0.2, 0.25) is 0 Å². The van der Waals surface area contributed by atoms with E-state index >= 15 is 0 Å². The van der Waals surface area contributed by atoms with Crippen molar-refractivity contribution in [3.63, 3.8) is 0 Å². The number of ether oxygens (including phenoxy) is 1. The zero-order chi connectivity index (χ0) is 16.2. The highest BCUT2D eigenvalue weighted by molar-refractivity contribution is 7.19. The summed E-state index contributed by atoms with van der Waals surface area (Å²) in [6.45, 7) is 0. The van der Waals surface area contributed by atoms with Crippen molar-refractivity contribution >= 4 is 33.1 Å². The number of hydrogen-bond donors (Lipinski definition) is 0. The normalized spacial score (nSPS) is 11.2. The summed E-state index contributed by atoms with van der Waals surface area (Å²) in [4.78, 5) is 16.1. The van der Waals surface area contributed by atoms with Gasteiger partial charge in [0, 0.05) is 4.70 Å². The summed E-state index contributed by atoms with van der Waals surface area (Å²) < 4.78 is 5.93. The Hall–Kier alpha value is -2.97. The second kappa shape index (κ2) is 6.42. The molecule has 0 aliphatic heterocycles. The van der Waals surface area contributed by atoms with Crippen molar-refractivity contribution < 1.29 is 4.74 Å². The minimum atomic E-state index is -0.315. The molecule has 0 atom stereocenters. The summed E-state index contributed by atoms with van der Waals surface area (Å²) in [5, 5.41) is 10.4. The van der Waals surface area contributed by atoms with Gasteiger partial charge in [0.25, 0.3) is 5.56 Å². The molecule has 0 spiro atoms. The fourth-order valence-electron chi connectivity index (χ4n) is 2.14. The summed E-state index contributed by atoms with van der Waals surface area (Å²) in [5.41, 5.74) is 0.894. The standard InChI is InChI=1S/C18H12N2O2S/c1-22-14-8-6-12(7-9-14)10-13(11-19)18-20-17(21)15-4-2-3-5-16(15)23-18/h2-10H,1H3/b13-10+. The number of rotatable bonds is 3. The van der Waals surface area contributed by atoms with Gasteiger partial charge >= 0.3 is 0 Å². The van der Waals surface area contributed by atoms with Crippen LogP contribution in [0.1, 0.15) is 10.6 Å². The molecule has 0 amide bonds. The van der Waals surface area contributed by atoms with Crippen molar-refractivity contribution in [1.29, 1.82) is 5.26 Å². The molecule has 3 rings (SSSR count). The first-order valence-corrected chi connectivity index (χ1v) is 7.69. The third kappa shape index (κ3) is 3.12. The van der Waals surface area contributed by atoms with Crippen molar-refractivity contribution in [2.24, 2.45) is 0 Å². The van der Waals surface area contributed by atoms with E-state index < -0.39 is 0 Å². The number of nitrogens with zero attached hydrogens (tertiary/aromatic N) is 2. The first kappa shape index (κ1) is 14.9. The third-order valence-corrected chi connectivity index (χ3v) is 4.39. The second-order valence-electron chi connectivity index (χ2n) is 4.76. The van der Waals surface area contributed by atoms with Gasteiger partial charge in [0.1, 0.15) is 16.8 Å². The van der Waals surface area contributed by atoms with Gasteiger partial charge in [-0.05, 0) is 35.9 Å². The Morgan fingerprint density at radius 2 is 1.96 bits per heavy atom. The van der Waals surface area contributed by atoms with Gasteiger partial charge < -0.3 is 4.74 Å². The molecule has 0 aliphatic carbocycles. The maximum atomic E-state index is 12.1. The van der Waals surface area contributed by atoms with Crippen LogP contribution < -0.4 is 10.3 Å². The maximum absolute atomic E-state index is 12.1. The van der Waals surface area contributed by atoms with Crippen molar-refractivity contribution in [3.8, 4) is 11.8 Å². The van der Waals surface area contributed by atoms with E-state index in [0.29, 0.717) is 16.0 Å². The predicted octanol–water partition coefficient (Wildman–Crippen LogP) is 3.73. The molecular weight excluding hydrogens is 308 g/mol. The van der Waals surface area contributed by atoms with Gasteiger partial charge in [-0.1, -0.05) is 24.3 Å². The fourth-order valence-corrected chi connectivity index (χ4v) is 3.10. The van der Waals surface area contributed by atoms with Gasteiger partial charge in [-0.25, -0.2) is 0 Å². The highest BCUT2D eigenvalue weighted by Gasteiger charge is 2.09. The molecule has 1 heterocycles. The van der Waals surface area contributed by atoms with Crippen LogP contribution in [-0.2, 0) is 0 Å². The van der Waals surface area contributed by atoms with Gasteiger partial charge in [0.2, 0.25) is 0 Å². The highest BCUT2D eigenvalue weighted by Crippen LogP contribution is 2.24. The van der Waals surface area contributed by atoms with Gasteiger partial charge in [-0.2, -0.15) is 10.2 Å². The lowest BCUT2D eigenvalue weighted by atomic mass is 10.1. The van der Waals surface area contributed by atoms with Crippen molar-refractivity contribution in [1.82, 2.24) is 4.98 Å². The first-order chi connectivity index (χ1) is 11.2. The lowest BCUT2D eigenvalue weighted by Gasteiger charge is -2.02. The minimum absolute atomic E-state index is 0.315. The zero-order valence-corrected chi connectivity index (χ0v) is 13.1. The molecule has 0 saturated carbocycles. The van der Waals surface area contributed by atoms with Crippen LogP contribution in [0.5, 0.6) is 5.75 Å². The average Bonchev–Trinajstić information content (AvgIpc) is 2.60. The summed E-state index contributed by atoms with van der Waals surface area (Å²) >= 11 is 1.33. The molecule has 5 heteroatoms. The molecule has 3 aromatic rings. The van der Waals surface area contributed by atoms with Crippen LogP contribution in [-0.4, -0.2) is 12.1 Å². The smallest absolute Gasteiger partial charge is 0.279 e. The lowest BCUT2D eigenvalue weighted by molar-refractivity contribution is 0.415. The Morgan fingerprint density at radius 1 is 1.22 bits per heavy atom. The highest BCUT2D eigenvalue weighted by atomic mass is 32.1. The Balaban J connectivity index is 2.08. The summed E-state index contributed by atoms with van der Waals surface area (Å²) in [5.74, 6) is 0.745. The Morgan fingerprint density at radius 3 is 2.65 bits per heavy atom. The molecule has 4 nitrogen and oxygen atoms in total. The van der Waals surface area contributed by atoms with Gasteiger partial charge in [-0.15, -0.1) is 11.3 Å². The Labute approximate surface area is 136 Å². The van der Waals surface area contributed by atoms with Crippen LogP contribution in [0.25, 0.3) is 21.7 Å². The van der Waals surface area contributed by atoms with E-state index in [1.807, 2.05) is 36.4 Å². The largest absolute Gasteiger partial charge is 0.497 e. The molecule has 0 fully saturated rings. The second-order valence-corrected chi connectivity index (χ2v) is 5.79. The van der Waals surface area contributed by atoms with Crippen LogP contribution in [0, 0.1) is 11.3 Å². The molecule has 2 aromatic carbocycles. The zero-order valence-electron chi connectivity index (χ0n) is 12.3. The summed E-state index contributed by atoms with van der Waals surface area (Å²) in [6.07, 6.45) is 1.71. The molecule has 0 bridgehead atoms. The average molecular weight is 320 g/mol. The Kier molecular flexibility index (Phi) is 4.18. The predicted molar refractivity (Wildman–Crippen MR) is 92.4 cm³/mol. The van der Waals surface area contributed by atoms with Crippen molar-refractivity contribution in [2.45, 2.75) is 0 Å². The van der Waals surface area contributed by atoms with E-state index in [-0.39, 0.29) is 5.56 Å². The van der Waals surface area contributed by atoms with Gasteiger partial charge in [-0.3, -0.25) is 4.79 Å². The van der Waals surface area contributed by atoms with Crippen LogP contribution in [0.15, 0.2) is 53.3 Å². The molecule has 1 aromatic heterocycles. The summed E-state index contributed by atoms with van der Waals surface area (Å²) in [7, 11) is 1.60. The molecule has 23 heavy (non-hydrogen) atoms. The number of fused-ring (bicyclic) bond motifs is 1. The number of aromatic nitrogens is 1. The van der Waals surface area contributed by atoms with Crippen LogP contribution >= 0.6 is 11.3 Å². The van der Waals surface area contributed by atoms with E-state index in [9.17, 15) is 10.1 Å². The molecule has 0 unspecified atom stereocenters. The number of nitriles is 1. The molecule has 0 N–H and O–H groups in total. The lowest BCUT2D eigenvalue weighted by Crippen LogP contribution is -2.07. The van der Waals surface area contributed by atoms with Crippen LogP contribution in [0.3, 0.4) is 0 Å². The Bertz CT molecular complexity index is 982. The van der Waals surface area contributed by atoms with E-state index in [1.165, 1.54) is 11.3 Å². The first-order valence-electron chi connectivity index (χ1n) is 6.87.